The van der Waals surface area contributed by atoms with Crippen LogP contribution in [0.1, 0.15) is 32.1 Å². The number of para-hydroxylation sites is 1. The maximum absolute atomic E-state index is 14.0. The standard InChI is InChI=1S/C20H20F2N4O/c21-16-7-4-8-17(22)20(16)26-11-15(9-25-26)19-18(10-23-13-24-19)27-12-14-5-2-1-3-6-14/h4,7-11,13-14H,1-3,5-6,12H2. The van der Waals surface area contributed by atoms with Gasteiger partial charge >= 0.3 is 0 Å². The molecule has 0 N–H and O–H groups in total. The maximum Gasteiger partial charge on any atom is 0.163 e. The molecule has 5 nitrogen and oxygen atoms in total. The zero-order valence-electron chi connectivity index (χ0n) is 14.8. The van der Waals surface area contributed by atoms with Gasteiger partial charge in [-0.2, -0.15) is 5.10 Å². The van der Waals surface area contributed by atoms with Crippen LogP contribution in [0.2, 0.25) is 0 Å². The van der Waals surface area contributed by atoms with Gasteiger partial charge in [0.15, 0.2) is 17.4 Å². The molecule has 0 unspecified atom stereocenters. The molecule has 3 aromatic rings. The summed E-state index contributed by atoms with van der Waals surface area (Å²) < 4.78 is 35.2. The van der Waals surface area contributed by atoms with Crippen LogP contribution in [0, 0.1) is 17.6 Å². The first-order valence-corrected chi connectivity index (χ1v) is 9.14. The molecule has 4 rings (SSSR count). The average molecular weight is 370 g/mol. The van der Waals surface area contributed by atoms with Gasteiger partial charge in [-0.3, -0.25) is 0 Å². The largest absolute Gasteiger partial charge is 0.489 e. The number of rotatable bonds is 5. The molecule has 1 fully saturated rings. The lowest BCUT2D eigenvalue weighted by Gasteiger charge is -2.21. The summed E-state index contributed by atoms with van der Waals surface area (Å²) in [5.41, 5.74) is 0.949. The molecule has 27 heavy (non-hydrogen) atoms. The van der Waals surface area contributed by atoms with Gasteiger partial charge < -0.3 is 4.74 Å². The first-order valence-electron chi connectivity index (χ1n) is 9.14. The molecule has 7 heteroatoms. The zero-order chi connectivity index (χ0) is 18.6. The molecule has 0 saturated heterocycles. The molecule has 0 bridgehead atoms. The number of aromatic nitrogens is 4. The number of hydrogen-bond acceptors (Lipinski definition) is 4. The summed E-state index contributed by atoms with van der Waals surface area (Å²) in [6.07, 6.45) is 12.2. The molecule has 0 radical (unpaired) electrons. The normalized spacial score (nSPS) is 15.0. The maximum atomic E-state index is 14.0. The number of nitrogens with zero attached hydrogens (tertiary/aromatic N) is 4. The van der Waals surface area contributed by atoms with Gasteiger partial charge in [0.05, 0.1) is 19.0 Å². The lowest BCUT2D eigenvalue weighted by molar-refractivity contribution is 0.208. The van der Waals surface area contributed by atoms with Crippen LogP contribution in [0.15, 0.2) is 43.1 Å². The molecule has 2 heterocycles. The highest BCUT2D eigenvalue weighted by Crippen LogP contribution is 2.30. The molecular weight excluding hydrogens is 350 g/mol. The van der Waals surface area contributed by atoms with E-state index in [4.69, 9.17) is 4.74 Å². The lowest BCUT2D eigenvalue weighted by atomic mass is 9.90. The quantitative estimate of drug-likeness (QED) is 0.660. The lowest BCUT2D eigenvalue weighted by Crippen LogP contribution is -2.15. The Hall–Kier alpha value is -2.83. The Bertz CT molecular complexity index is 902. The van der Waals surface area contributed by atoms with Gasteiger partial charge in [0, 0.05) is 11.8 Å². The van der Waals surface area contributed by atoms with E-state index in [0.29, 0.717) is 29.5 Å². The minimum atomic E-state index is -0.680. The van der Waals surface area contributed by atoms with Crippen LogP contribution >= 0.6 is 0 Å². The van der Waals surface area contributed by atoms with Crippen molar-refractivity contribution in [1.29, 1.82) is 0 Å². The van der Waals surface area contributed by atoms with E-state index >= 15 is 0 Å². The summed E-state index contributed by atoms with van der Waals surface area (Å²) in [4.78, 5) is 8.33. The highest BCUT2D eigenvalue weighted by atomic mass is 19.1. The Morgan fingerprint density at radius 2 is 1.85 bits per heavy atom. The van der Waals surface area contributed by atoms with Crippen molar-refractivity contribution in [1.82, 2.24) is 19.7 Å². The van der Waals surface area contributed by atoms with Crippen molar-refractivity contribution in [2.45, 2.75) is 32.1 Å². The molecule has 0 atom stereocenters. The van der Waals surface area contributed by atoms with E-state index < -0.39 is 11.6 Å². The van der Waals surface area contributed by atoms with Crippen LogP contribution < -0.4 is 4.74 Å². The Kier molecular flexibility index (Phi) is 5.09. The minimum Gasteiger partial charge on any atom is -0.489 e. The molecule has 0 spiro atoms. The van der Waals surface area contributed by atoms with Gasteiger partial charge in [-0.1, -0.05) is 25.3 Å². The predicted molar refractivity (Wildman–Crippen MR) is 96.6 cm³/mol. The third-order valence-corrected chi connectivity index (χ3v) is 4.90. The van der Waals surface area contributed by atoms with Crippen molar-refractivity contribution < 1.29 is 13.5 Å². The van der Waals surface area contributed by atoms with Crippen molar-refractivity contribution in [3.63, 3.8) is 0 Å². The van der Waals surface area contributed by atoms with E-state index in [1.807, 2.05) is 0 Å². The van der Waals surface area contributed by atoms with Crippen LogP contribution in [-0.2, 0) is 0 Å². The van der Waals surface area contributed by atoms with Crippen molar-refractivity contribution in [3.8, 4) is 22.7 Å². The van der Waals surface area contributed by atoms with Gasteiger partial charge in [-0.25, -0.2) is 23.4 Å². The molecular formula is C20H20F2N4O. The average Bonchev–Trinajstić information content (AvgIpc) is 3.17. The number of hydrogen-bond donors (Lipinski definition) is 0. The Morgan fingerprint density at radius 3 is 2.63 bits per heavy atom. The van der Waals surface area contributed by atoms with Crippen LogP contribution in [0.5, 0.6) is 5.75 Å². The monoisotopic (exact) mass is 370 g/mol. The molecule has 1 saturated carbocycles. The fourth-order valence-electron chi connectivity index (χ4n) is 3.48. The highest BCUT2D eigenvalue weighted by molar-refractivity contribution is 5.64. The topological polar surface area (TPSA) is 52.8 Å². The van der Waals surface area contributed by atoms with Gasteiger partial charge in [-0.05, 0) is 30.9 Å². The van der Waals surface area contributed by atoms with Crippen molar-refractivity contribution in [3.05, 3.63) is 54.8 Å². The van der Waals surface area contributed by atoms with Gasteiger partial charge in [0.1, 0.15) is 17.7 Å². The smallest absolute Gasteiger partial charge is 0.163 e. The molecule has 1 aliphatic carbocycles. The van der Waals surface area contributed by atoms with Gasteiger partial charge in [0.2, 0.25) is 0 Å². The second-order valence-electron chi connectivity index (χ2n) is 6.79. The third kappa shape index (κ3) is 3.82. The summed E-state index contributed by atoms with van der Waals surface area (Å²) in [7, 11) is 0. The van der Waals surface area contributed by atoms with Crippen LogP contribution in [-0.4, -0.2) is 26.4 Å². The van der Waals surface area contributed by atoms with E-state index in [1.54, 1.807) is 6.20 Å². The van der Waals surface area contributed by atoms with Crippen molar-refractivity contribution in [2.24, 2.45) is 5.92 Å². The number of ether oxygens (including phenoxy) is 1. The first kappa shape index (κ1) is 17.6. The van der Waals surface area contributed by atoms with Crippen LogP contribution in [0.4, 0.5) is 8.78 Å². The fourth-order valence-corrected chi connectivity index (χ4v) is 3.48. The highest BCUT2D eigenvalue weighted by Gasteiger charge is 2.18. The Balaban J connectivity index is 1.58. The zero-order valence-corrected chi connectivity index (χ0v) is 14.8. The molecule has 2 aromatic heterocycles. The number of benzene rings is 1. The second-order valence-corrected chi connectivity index (χ2v) is 6.79. The molecule has 0 aliphatic heterocycles. The SMILES string of the molecule is Fc1cccc(F)c1-n1cc(-c2ncncc2OCC2CCCCC2)cn1. The van der Waals surface area contributed by atoms with E-state index in [0.717, 1.165) is 0 Å². The van der Waals surface area contributed by atoms with E-state index in [2.05, 4.69) is 15.1 Å². The minimum absolute atomic E-state index is 0.220. The Labute approximate surface area is 156 Å². The summed E-state index contributed by atoms with van der Waals surface area (Å²) in [5, 5.41) is 4.10. The van der Waals surface area contributed by atoms with Crippen molar-refractivity contribution in [2.75, 3.05) is 6.61 Å². The second kappa shape index (κ2) is 7.82. The summed E-state index contributed by atoms with van der Waals surface area (Å²) in [6.45, 7) is 0.621. The van der Waals surface area contributed by atoms with Crippen LogP contribution in [0.25, 0.3) is 16.9 Å². The summed E-state index contributed by atoms with van der Waals surface area (Å²) in [6, 6.07) is 3.71. The van der Waals surface area contributed by atoms with Crippen LogP contribution in [0.3, 0.4) is 0 Å². The molecule has 0 amide bonds. The molecule has 1 aliphatic rings. The van der Waals surface area contributed by atoms with Crippen molar-refractivity contribution >= 4 is 0 Å². The van der Waals surface area contributed by atoms with E-state index in [1.165, 1.54) is 73.7 Å². The molecule has 140 valence electrons. The predicted octanol–water partition coefficient (Wildman–Crippen LogP) is 4.57. The molecule has 1 aromatic carbocycles. The van der Waals surface area contributed by atoms with Gasteiger partial charge in [-0.15, -0.1) is 0 Å². The fraction of sp³-hybridized carbons (Fsp3) is 0.350. The third-order valence-electron chi connectivity index (χ3n) is 4.90. The first-order chi connectivity index (χ1) is 13.2. The van der Waals surface area contributed by atoms with E-state index in [9.17, 15) is 8.78 Å². The summed E-state index contributed by atoms with van der Waals surface area (Å²) in [5.74, 6) is -0.263. The number of halogens is 2. The summed E-state index contributed by atoms with van der Waals surface area (Å²) >= 11 is 0. The van der Waals surface area contributed by atoms with Gasteiger partial charge in [0.25, 0.3) is 0 Å². The van der Waals surface area contributed by atoms with E-state index in [-0.39, 0.29) is 5.69 Å². The Morgan fingerprint density at radius 1 is 1.07 bits per heavy atom.